The van der Waals surface area contributed by atoms with Crippen molar-refractivity contribution in [3.8, 4) is 0 Å². The van der Waals surface area contributed by atoms with Crippen molar-refractivity contribution in [2.75, 3.05) is 13.2 Å². The van der Waals surface area contributed by atoms with Gasteiger partial charge in [0.1, 0.15) is 0 Å². The number of carbonyl (C=O) groups is 2. The fourth-order valence-electron chi connectivity index (χ4n) is 9.55. The second kappa shape index (κ2) is 57.9. The van der Waals surface area contributed by atoms with Crippen LogP contribution >= 0.6 is 0 Å². The third-order valence-corrected chi connectivity index (χ3v) is 14.3. The first-order chi connectivity index (χ1) is 33.5. The van der Waals surface area contributed by atoms with Crippen LogP contribution < -0.4 is 5.32 Å². The molecule has 6 heteroatoms. The van der Waals surface area contributed by atoms with Gasteiger partial charge in [-0.3, -0.25) is 9.59 Å². The number of amides is 1. The second-order valence-electron chi connectivity index (χ2n) is 21.0. The topological polar surface area (TPSA) is 95.9 Å². The van der Waals surface area contributed by atoms with Crippen molar-refractivity contribution >= 4 is 11.9 Å². The van der Waals surface area contributed by atoms with E-state index < -0.39 is 12.1 Å². The molecule has 0 aliphatic rings. The smallest absolute Gasteiger partial charge is 0.305 e. The van der Waals surface area contributed by atoms with Gasteiger partial charge in [0.2, 0.25) is 5.91 Å². The standard InChI is InChI=1S/C62H119NO5/c1-3-5-7-9-11-13-15-17-18-28-32-36-40-44-48-52-56-62(67)68-57-53-49-45-41-37-33-29-26-24-22-20-19-21-23-25-27-31-35-39-43-47-51-55-61(66)63-59(58-64)60(65)54-50-46-42-38-34-30-16-14-12-10-8-6-4-2/h13,15,18,28,59-60,64-65H,3-12,14,16-17,19-27,29-58H2,1-2H3,(H,63,66)/b15-13-,28-18-. The summed E-state index contributed by atoms with van der Waals surface area (Å²) in [4.78, 5) is 24.5. The van der Waals surface area contributed by atoms with Crippen molar-refractivity contribution in [1.29, 1.82) is 0 Å². The largest absolute Gasteiger partial charge is 0.466 e. The van der Waals surface area contributed by atoms with Crippen LogP contribution in [-0.2, 0) is 14.3 Å². The summed E-state index contributed by atoms with van der Waals surface area (Å²) < 4.78 is 5.48. The van der Waals surface area contributed by atoms with Crippen LogP contribution in [0.25, 0.3) is 0 Å². The first kappa shape index (κ1) is 66.3. The minimum absolute atomic E-state index is 0.000111. The predicted octanol–water partition coefficient (Wildman–Crippen LogP) is 19.0. The maximum Gasteiger partial charge on any atom is 0.305 e. The van der Waals surface area contributed by atoms with Gasteiger partial charge in [-0.05, 0) is 57.8 Å². The molecule has 0 saturated carbocycles. The Labute approximate surface area is 424 Å². The van der Waals surface area contributed by atoms with Crippen molar-refractivity contribution in [2.24, 2.45) is 0 Å². The number of aliphatic hydroxyl groups is 2. The van der Waals surface area contributed by atoms with Crippen molar-refractivity contribution in [1.82, 2.24) is 5.32 Å². The average Bonchev–Trinajstić information content (AvgIpc) is 3.34. The van der Waals surface area contributed by atoms with E-state index in [2.05, 4.69) is 43.5 Å². The lowest BCUT2D eigenvalue weighted by atomic mass is 10.0. The first-order valence-corrected chi connectivity index (χ1v) is 30.6. The molecule has 0 saturated heterocycles. The Morgan fingerprint density at radius 2 is 0.735 bits per heavy atom. The number of hydrogen-bond donors (Lipinski definition) is 3. The molecule has 2 atom stereocenters. The number of carbonyl (C=O) groups excluding carboxylic acids is 2. The van der Waals surface area contributed by atoms with E-state index in [0.29, 0.717) is 25.9 Å². The predicted molar refractivity (Wildman–Crippen MR) is 296 cm³/mol. The molecule has 0 aliphatic carbocycles. The summed E-state index contributed by atoms with van der Waals surface area (Å²) in [6.45, 7) is 4.94. The number of ether oxygens (including phenoxy) is 1. The molecule has 0 heterocycles. The van der Waals surface area contributed by atoms with Crippen LogP contribution in [0.2, 0.25) is 0 Å². The third kappa shape index (κ3) is 53.7. The Morgan fingerprint density at radius 3 is 1.13 bits per heavy atom. The minimum atomic E-state index is -0.663. The van der Waals surface area contributed by atoms with E-state index in [1.165, 1.54) is 250 Å². The SMILES string of the molecule is CCCCCC/C=C\C/C=C\CCCCCCCC(=O)OCCCCCCCCCCCCCCCCCCCCCCCCC(=O)NC(CO)C(O)CCCCCCCCCCCCCCC. The Kier molecular flexibility index (Phi) is 56.5. The van der Waals surface area contributed by atoms with Crippen molar-refractivity contribution in [2.45, 2.75) is 347 Å². The number of aliphatic hydroxyl groups excluding tert-OH is 2. The monoisotopic (exact) mass is 958 g/mol. The zero-order chi connectivity index (χ0) is 49.3. The normalized spacial score (nSPS) is 12.7. The minimum Gasteiger partial charge on any atom is -0.466 e. The molecular weight excluding hydrogens is 839 g/mol. The molecule has 0 bridgehead atoms. The van der Waals surface area contributed by atoms with Gasteiger partial charge < -0.3 is 20.3 Å². The van der Waals surface area contributed by atoms with Gasteiger partial charge in [-0.1, -0.05) is 289 Å². The van der Waals surface area contributed by atoms with Gasteiger partial charge in [-0.25, -0.2) is 0 Å². The van der Waals surface area contributed by atoms with E-state index in [1.807, 2.05) is 0 Å². The van der Waals surface area contributed by atoms with Crippen LogP contribution in [0.15, 0.2) is 24.3 Å². The molecule has 0 fully saturated rings. The summed E-state index contributed by atoms with van der Waals surface area (Å²) in [5.74, 6) is -0.0342. The summed E-state index contributed by atoms with van der Waals surface area (Å²) in [6, 6.07) is -0.541. The van der Waals surface area contributed by atoms with Crippen molar-refractivity contribution in [3.05, 3.63) is 24.3 Å². The molecule has 0 aromatic carbocycles. The average molecular weight is 959 g/mol. The van der Waals surface area contributed by atoms with Gasteiger partial charge in [0.05, 0.1) is 25.4 Å². The van der Waals surface area contributed by atoms with Crippen molar-refractivity contribution in [3.63, 3.8) is 0 Å². The van der Waals surface area contributed by atoms with Gasteiger partial charge in [-0.2, -0.15) is 0 Å². The van der Waals surface area contributed by atoms with Crippen LogP contribution in [0, 0.1) is 0 Å². The summed E-state index contributed by atoms with van der Waals surface area (Å²) in [7, 11) is 0. The van der Waals surface area contributed by atoms with Crippen LogP contribution in [0.5, 0.6) is 0 Å². The highest BCUT2D eigenvalue weighted by Crippen LogP contribution is 2.18. The molecule has 3 N–H and O–H groups in total. The Bertz CT molecular complexity index is 1060. The quantitative estimate of drug-likeness (QED) is 0.0321. The summed E-state index contributed by atoms with van der Waals surface area (Å²) in [5, 5.41) is 23.2. The van der Waals surface area contributed by atoms with Gasteiger partial charge in [-0.15, -0.1) is 0 Å². The molecule has 1 amide bonds. The van der Waals surface area contributed by atoms with Crippen LogP contribution in [0.4, 0.5) is 0 Å². The molecule has 0 aliphatic heterocycles. The number of esters is 1. The maximum absolute atomic E-state index is 12.5. The molecular formula is C62H119NO5. The number of hydrogen-bond acceptors (Lipinski definition) is 5. The molecule has 6 nitrogen and oxygen atoms in total. The second-order valence-corrected chi connectivity index (χ2v) is 21.0. The van der Waals surface area contributed by atoms with Gasteiger partial charge in [0, 0.05) is 12.8 Å². The highest BCUT2D eigenvalue weighted by molar-refractivity contribution is 5.76. The number of nitrogens with one attached hydrogen (secondary N) is 1. The molecule has 0 aromatic heterocycles. The van der Waals surface area contributed by atoms with Crippen molar-refractivity contribution < 1.29 is 24.5 Å². The summed E-state index contributed by atoms with van der Waals surface area (Å²) in [5.41, 5.74) is 0. The number of unbranched alkanes of at least 4 members (excludes halogenated alkanes) is 42. The first-order valence-electron chi connectivity index (χ1n) is 30.6. The Hall–Kier alpha value is -1.66. The van der Waals surface area contributed by atoms with E-state index in [4.69, 9.17) is 4.74 Å². The van der Waals surface area contributed by atoms with E-state index in [1.54, 1.807) is 0 Å². The zero-order valence-electron chi connectivity index (χ0n) is 45.9. The number of rotatable bonds is 57. The lowest BCUT2D eigenvalue weighted by Gasteiger charge is -2.22. The maximum atomic E-state index is 12.5. The lowest BCUT2D eigenvalue weighted by Crippen LogP contribution is -2.45. The van der Waals surface area contributed by atoms with E-state index in [-0.39, 0.29) is 18.5 Å². The zero-order valence-corrected chi connectivity index (χ0v) is 45.9. The highest BCUT2D eigenvalue weighted by atomic mass is 16.5. The third-order valence-electron chi connectivity index (χ3n) is 14.3. The highest BCUT2D eigenvalue weighted by Gasteiger charge is 2.20. The molecule has 68 heavy (non-hydrogen) atoms. The molecule has 0 radical (unpaired) electrons. The van der Waals surface area contributed by atoms with E-state index >= 15 is 0 Å². The summed E-state index contributed by atoms with van der Waals surface area (Å²) >= 11 is 0. The molecule has 0 aromatic rings. The molecule has 2 unspecified atom stereocenters. The number of allylic oxidation sites excluding steroid dienone is 4. The van der Waals surface area contributed by atoms with E-state index in [0.717, 1.165) is 51.4 Å². The van der Waals surface area contributed by atoms with E-state index in [9.17, 15) is 19.8 Å². The molecule has 0 spiro atoms. The van der Waals surface area contributed by atoms with Crippen LogP contribution in [0.3, 0.4) is 0 Å². The van der Waals surface area contributed by atoms with Crippen LogP contribution in [0.1, 0.15) is 335 Å². The Balaban J connectivity index is 3.37. The Morgan fingerprint density at radius 1 is 0.412 bits per heavy atom. The fourth-order valence-corrected chi connectivity index (χ4v) is 9.55. The molecule has 402 valence electrons. The molecule has 0 rings (SSSR count). The van der Waals surface area contributed by atoms with Gasteiger partial charge >= 0.3 is 5.97 Å². The lowest BCUT2D eigenvalue weighted by molar-refractivity contribution is -0.143. The van der Waals surface area contributed by atoms with Gasteiger partial charge in [0.25, 0.3) is 0 Å². The fraction of sp³-hybridized carbons (Fsp3) is 0.903. The summed E-state index contributed by atoms with van der Waals surface area (Å²) in [6.07, 6.45) is 70.4. The van der Waals surface area contributed by atoms with Crippen LogP contribution in [-0.4, -0.2) is 47.4 Å². The van der Waals surface area contributed by atoms with Gasteiger partial charge in [0.15, 0.2) is 0 Å².